The highest BCUT2D eigenvalue weighted by Gasteiger charge is 2.15. The van der Waals surface area contributed by atoms with Crippen LogP contribution in [0.25, 0.3) is 0 Å². The van der Waals surface area contributed by atoms with Crippen LogP contribution in [-0.2, 0) is 13.6 Å². The van der Waals surface area contributed by atoms with Gasteiger partial charge in [-0.15, -0.1) is 0 Å². The lowest BCUT2D eigenvalue weighted by molar-refractivity contribution is 0.221. The van der Waals surface area contributed by atoms with Gasteiger partial charge in [0.25, 0.3) is 0 Å². The molecule has 0 saturated carbocycles. The van der Waals surface area contributed by atoms with Crippen molar-refractivity contribution in [3.05, 3.63) is 76.8 Å². The second-order valence-corrected chi connectivity index (χ2v) is 5.63. The first-order valence-electron chi connectivity index (χ1n) is 7.24. The molecule has 3 rings (SSSR count). The number of halogens is 1. The number of nitrogens with one attached hydrogen (secondary N) is 1. The maximum atomic E-state index is 10.7. The normalized spacial score (nSPS) is 12.1. The van der Waals surface area contributed by atoms with Crippen LogP contribution in [0.1, 0.15) is 23.1 Å². The SMILES string of the molecule is Cn1ncnc1CNc1ccc(Cl)cc1[C@H](O)c1ccccc1. The minimum Gasteiger partial charge on any atom is -0.384 e. The maximum absolute atomic E-state index is 10.7. The van der Waals surface area contributed by atoms with Crippen LogP contribution in [-0.4, -0.2) is 19.9 Å². The molecule has 0 radical (unpaired) electrons. The number of aliphatic hydroxyl groups is 1. The molecule has 0 aliphatic rings. The Balaban J connectivity index is 1.87. The van der Waals surface area contributed by atoms with Gasteiger partial charge in [0.1, 0.15) is 18.3 Å². The van der Waals surface area contributed by atoms with Crippen LogP contribution in [0.4, 0.5) is 5.69 Å². The summed E-state index contributed by atoms with van der Waals surface area (Å²) in [6.07, 6.45) is 0.760. The summed E-state index contributed by atoms with van der Waals surface area (Å²) in [4.78, 5) is 4.18. The van der Waals surface area contributed by atoms with Crippen LogP contribution < -0.4 is 5.32 Å². The summed E-state index contributed by atoms with van der Waals surface area (Å²) in [5.74, 6) is 0.806. The standard InChI is InChI=1S/C17H17ClN4O/c1-22-16(20-11-21-22)10-19-15-8-7-13(18)9-14(15)17(23)12-5-3-2-4-6-12/h2-9,11,17,19,23H,10H2,1H3/t17-/m1/s1. The fourth-order valence-electron chi connectivity index (χ4n) is 2.39. The fourth-order valence-corrected chi connectivity index (χ4v) is 2.57. The smallest absolute Gasteiger partial charge is 0.145 e. The maximum Gasteiger partial charge on any atom is 0.145 e. The molecule has 3 aromatic rings. The van der Waals surface area contributed by atoms with Crippen LogP contribution in [0.3, 0.4) is 0 Å². The van der Waals surface area contributed by atoms with Crippen molar-refractivity contribution in [1.82, 2.24) is 14.8 Å². The summed E-state index contributed by atoms with van der Waals surface area (Å²) >= 11 is 6.11. The highest BCUT2D eigenvalue weighted by Crippen LogP contribution is 2.31. The average molecular weight is 329 g/mol. The lowest BCUT2D eigenvalue weighted by Crippen LogP contribution is -2.10. The monoisotopic (exact) mass is 328 g/mol. The molecule has 1 heterocycles. The molecule has 23 heavy (non-hydrogen) atoms. The molecular weight excluding hydrogens is 312 g/mol. The van der Waals surface area contributed by atoms with Crippen LogP contribution >= 0.6 is 11.6 Å². The summed E-state index contributed by atoms with van der Waals surface area (Å²) in [6.45, 7) is 0.507. The highest BCUT2D eigenvalue weighted by atomic mass is 35.5. The van der Waals surface area contributed by atoms with Gasteiger partial charge >= 0.3 is 0 Å². The molecule has 0 amide bonds. The van der Waals surface area contributed by atoms with Gasteiger partial charge in [-0.3, -0.25) is 4.68 Å². The van der Waals surface area contributed by atoms with E-state index in [4.69, 9.17) is 11.6 Å². The molecule has 6 heteroatoms. The Bertz CT molecular complexity index is 788. The van der Waals surface area contributed by atoms with E-state index in [1.165, 1.54) is 6.33 Å². The number of hydrogen-bond donors (Lipinski definition) is 2. The van der Waals surface area contributed by atoms with Crippen molar-refractivity contribution < 1.29 is 5.11 Å². The fraction of sp³-hybridized carbons (Fsp3) is 0.176. The van der Waals surface area contributed by atoms with Crippen molar-refractivity contribution in [2.24, 2.45) is 7.05 Å². The predicted molar refractivity (Wildman–Crippen MR) is 90.3 cm³/mol. The third-order valence-electron chi connectivity index (χ3n) is 3.67. The van der Waals surface area contributed by atoms with Gasteiger partial charge in [-0.05, 0) is 23.8 Å². The molecule has 0 saturated heterocycles. The third kappa shape index (κ3) is 3.52. The van der Waals surface area contributed by atoms with E-state index in [1.54, 1.807) is 16.8 Å². The van der Waals surface area contributed by atoms with E-state index in [2.05, 4.69) is 15.4 Å². The minimum atomic E-state index is -0.753. The Kier molecular flexibility index (Phi) is 4.60. The summed E-state index contributed by atoms with van der Waals surface area (Å²) in [5.41, 5.74) is 2.36. The second kappa shape index (κ2) is 6.81. The zero-order valence-electron chi connectivity index (χ0n) is 12.6. The number of aliphatic hydroxyl groups excluding tert-OH is 1. The number of benzene rings is 2. The van der Waals surface area contributed by atoms with Crippen LogP contribution in [0, 0.1) is 0 Å². The van der Waals surface area contributed by atoms with Crippen LogP contribution in [0.2, 0.25) is 5.02 Å². The molecule has 2 N–H and O–H groups in total. The molecule has 2 aromatic carbocycles. The molecule has 0 aliphatic heterocycles. The highest BCUT2D eigenvalue weighted by molar-refractivity contribution is 6.30. The zero-order chi connectivity index (χ0) is 16.2. The van der Waals surface area contributed by atoms with Crippen LogP contribution in [0.15, 0.2) is 54.9 Å². The third-order valence-corrected chi connectivity index (χ3v) is 3.90. The lowest BCUT2D eigenvalue weighted by Gasteiger charge is -2.17. The summed E-state index contributed by atoms with van der Waals surface area (Å²) in [5, 5.41) is 18.6. The van der Waals surface area contributed by atoms with Gasteiger partial charge in [0, 0.05) is 23.3 Å². The van der Waals surface area contributed by atoms with E-state index in [9.17, 15) is 5.11 Å². The largest absolute Gasteiger partial charge is 0.384 e. The number of rotatable bonds is 5. The Morgan fingerprint density at radius 3 is 2.70 bits per heavy atom. The Morgan fingerprint density at radius 2 is 2.00 bits per heavy atom. The molecular formula is C17H17ClN4O. The van der Waals surface area contributed by atoms with Gasteiger partial charge in [0.05, 0.1) is 6.54 Å². The van der Waals surface area contributed by atoms with Crippen molar-refractivity contribution in [3.63, 3.8) is 0 Å². The Labute approximate surface area is 139 Å². The molecule has 1 aromatic heterocycles. The molecule has 118 valence electrons. The molecule has 0 fully saturated rings. The van der Waals surface area contributed by atoms with Gasteiger partial charge in [-0.2, -0.15) is 5.10 Å². The van der Waals surface area contributed by atoms with Gasteiger partial charge in [-0.1, -0.05) is 41.9 Å². The first-order valence-corrected chi connectivity index (χ1v) is 7.62. The summed E-state index contributed by atoms with van der Waals surface area (Å²) in [6, 6.07) is 14.9. The topological polar surface area (TPSA) is 63.0 Å². The molecule has 0 spiro atoms. The van der Waals surface area contributed by atoms with Crippen molar-refractivity contribution in [2.75, 3.05) is 5.32 Å². The molecule has 0 unspecified atom stereocenters. The van der Waals surface area contributed by atoms with E-state index in [0.29, 0.717) is 11.6 Å². The second-order valence-electron chi connectivity index (χ2n) is 5.20. The Hall–Kier alpha value is -2.37. The van der Waals surface area contributed by atoms with E-state index in [1.807, 2.05) is 43.4 Å². The molecule has 1 atom stereocenters. The predicted octanol–water partition coefficient (Wildman–Crippen LogP) is 3.16. The number of aromatic nitrogens is 3. The zero-order valence-corrected chi connectivity index (χ0v) is 13.4. The van der Waals surface area contributed by atoms with Crippen molar-refractivity contribution in [2.45, 2.75) is 12.6 Å². The summed E-state index contributed by atoms with van der Waals surface area (Å²) in [7, 11) is 1.84. The van der Waals surface area contributed by atoms with Crippen molar-refractivity contribution in [3.8, 4) is 0 Å². The van der Waals surface area contributed by atoms with E-state index >= 15 is 0 Å². The lowest BCUT2D eigenvalue weighted by atomic mass is 10.00. The van der Waals surface area contributed by atoms with E-state index in [-0.39, 0.29) is 0 Å². The number of nitrogens with zero attached hydrogens (tertiary/aromatic N) is 3. The molecule has 0 aliphatic carbocycles. The van der Waals surface area contributed by atoms with E-state index in [0.717, 1.165) is 22.6 Å². The van der Waals surface area contributed by atoms with Gasteiger partial charge in [-0.25, -0.2) is 4.98 Å². The molecule has 0 bridgehead atoms. The van der Waals surface area contributed by atoms with Gasteiger partial charge in [0.15, 0.2) is 0 Å². The first-order chi connectivity index (χ1) is 11.1. The minimum absolute atomic E-state index is 0.507. The summed E-state index contributed by atoms with van der Waals surface area (Å²) < 4.78 is 1.70. The van der Waals surface area contributed by atoms with Gasteiger partial charge < -0.3 is 10.4 Å². The van der Waals surface area contributed by atoms with Crippen LogP contribution in [0.5, 0.6) is 0 Å². The molecule has 5 nitrogen and oxygen atoms in total. The quantitative estimate of drug-likeness (QED) is 0.755. The average Bonchev–Trinajstić information content (AvgIpc) is 2.99. The first kappa shape index (κ1) is 15.5. The van der Waals surface area contributed by atoms with Crippen molar-refractivity contribution >= 4 is 17.3 Å². The number of aryl methyl sites for hydroxylation is 1. The number of anilines is 1. The van der Waals surface area contributed by atoms with E-state index < -0.39 is 6.10 Å². The Morgan fingerprint density at radius 1 is 1.22 bits per heavy atom. The number of hydrogen-bond acceptors (Lipinski definition) is 4. The van der Waals surface area contributed by atoms with Gasteiger partial charge in [0.2, 0.25) is 0 Å². The van der Waals surface area contributed by atoms with Crippen molar-refractivity contribution in [1.29, 1.82) is 0 Å².